The lowest BCUT2D eigenvalue weighted by molar-refractivity contribution is -0.133. The van der Waals surface area contributed by atoms with Gasteiger partial charge in [-0.25, -0.2) is 0 Å². The van der Waals surface area contributed by atoms with Crippen molar-refractivity contribution in [2.45, 2.75) is 64.0 Å². The van der Waals surface area contributed by atoms with Gasteiger partial charge in [0.1, 0.15) is 11.6 Å². The van der Waals surface area contributed by atoms with E-state index in [4.69, 9.17) is 23.2 Å². The first-order chi connectivity index (χ1) is 15.7. The van der Waals surface area contributed by atoms with E-state index in [1.165, 1.54) is 0 Å². The SMILES string of the molecule is CC(CC(=O)CCc1ccc2c(c1)CN(C1CCC(=O)CC1=O)C2=O)c1ccc(Cl)c(Cl)c1. The number of amides is 1. The fraction of sp³-hybridized carbons (Fsp3) is 0.385. The lowest BCUT2D eigenvalue weighted by Gasteiger charge is -2.29. The molecular weight excluding hydrogens is 461 g/mol. The van der Waals surface area contributed by atoms with Crippen LogP contribution in [-0.2, 0) is 27.3 Å². The Morgan fingerprint density at radius 1 is 1.09 bits per heavy atom. The minimum Gasteiger partial charge on any atom is -0.324 e. The molecule has 1 aliphatic carbocycles. The van der Waals surface area contributed by atoms with Crippen LogP contribution in [0.2, 0.25) is 10.0 Å². The van der Waals surface area contributed by atoms with Crippen molar-refractivity contribution < 1.29 is 19.2 Å². The molecule has 2 unspecified atom stereocenters. The highest BCUT2D eigenvalue weighted by Crippen LogP contribution is 2.31. The molecule has 0 aromatic heterocycles. The fourth-order valence-electron chi connectivity index (χ4n) is 4.66. The van der Waals surface area contributed by atoms with Crippen molar-refractivity contribution >= 4 is 46.5 Å². The minimum absolute atomic E-state index is 0.0402. The second-order valence-electron chi connectivity index (χ2n) is 8.98. The molecule has 1 heterocycles. The highest BCUT2D eigenvalue weighted by Gasteiger charge is 2.38. The summed E-state index contributed by atoms with van der Waals surface area (Å²) in [4.78, 5) is 50.8. The van der Waals surface area contributed by atoms with Gasteiger partial charge in [-0.2, -0.15) is 0 Å². The fourth-order valence-corrected chi connectivity index (χ4v) is 4.96. The average Bonchev–Trinajstić information content (AvgIpc) is 3.09. The number of benzene rings is 2. The number of hydrogen-bond acceptors (Lipinski definition) is 4. The van der Waals surface area contributed by atoms with Crippen LogP contribution in [0.4, 0.5) is 0 Å². The summed E-state index contributed by atoms with van der Waals surface area (Å²) in [5.74, 6) is -0.187. The topological polar surface area (TPSA) is 71.5 Å². The summed E-state index contributed by atoms with van der Waals surface area (Å²) in [6.45, 7) is 2.36. The predicted octanol–water partition coefficient (Wildman–Crippen LogP) is 5.34. The molecule has 2 atom stereocenters. The van der Waals surface area contributed by atoms with Crippen LogP contribution in [0.25, 0.3) is 0 Å². The number of hydrogen-bond donors (Lipinski definition) is 0. The maximum Gasteiger partial charge on any atom is 0.255 e. The second kappa shape index (κ2) is 9.78. The summed E-state index contributed by atoms with van der Waals surface area (Å²) < 4.78 is 0. The number of nitrogens with zero attached hydrogens (tertiary/aromatic N) is 1. The first kappa shape index (κ1) is 23.7. The molecule has 7 heteroatoms. The van der Waals surface area contributed by atoms with E-state index in [0.29, 0.717) is 54.3 Å². The molecule has 172 valence electrons. The van der Waals surface area contributed by atoms with Crippen molar-refractivity contribution in [1.82, 2.24) is 4.90 Å². The maximum atomic E-state index is 12.8. The number of fused-ring (bicyclic) bond motifs is 1. The maximum absolute atomic E-state index is 12.8. The van der Waals surface area contributed by atoms with Gasteiger partial charge in [0.2, 0.25) is 0 Å². The Bertz CT molecular complexity index is 1140. The lowest BCUT2D eigenvalue weighted by atomic mass is 9.92. The van der Waals surface area contributed by atoms with Gasteiger partial charge in [0.15, 0.2) is 5.78 Å². The van der Waals surface area contributed by atoms with Gasteiger partial charge in [-0.3, -0.25) is 19.2 Å². The van der Waals surface area contributed by atoms with Gasteiger partial charge in [-0.1, -0.05) is 48.3 Å². The van der Waals surface area contributed by atoms with E-state index in [-0.39, 0.29) is 35.6 Å². The largest absolute Gasteiger partial charge is 0.324 e. The summed E-state index contributed by atoms with van der Waals surface area (Å²) in [5, 5.41) is 0.977. The second-order valence-corrected chi connectivity index (χ2v) is 9.79. The first-order valence-corrected chi connectivity index (χ1v) is 11.9. The molecule has 1 saturated carbocycles. The van der Waals surface area contributed by atoms with Gasteiger partial charge in [-0.15, -0.1) is 0 Å². The van der Waals surface area contributed by atoms with Crippen molar-refractivity contribution in [2.75, 3.05) is 0 Å². The number of ketones is 3. The Morgan fingerprint density at radius 2 is 1.88 bits per heavy atom. The number of carbonyl (C=O) groups is 4. The van der Waals surface area contributed by atoms with Crippen LogP contribution in [0.5, 0.6) is 0 Å². The number of aryl methyl sites for hydroxylation is 1. The van der Waals surface area contributed by atoms with E-state index in [1.54, 1.807) is 23.1 Å². The number of Topliss-reactive ketones (excluding diaryl/α,β-unsaturated/α-hetero) is 3. The zero-order valence-electron chi connectivity index (χ0n) is 18.4. The third kappa shape index (κ3) is 5.20. The van der Waals surface area contributed by atoms with Gasteiger partial charge < -0.3 is 4.90 Å². The van der Waals surface area contributed by atoms with Crippen LogP contribution >= 0.6 is 23.2 Å². The monoisotopic (exact) mass is 485 g/mol. The van der Waals surface area contributed by atoms with E-state index >= 15 is 0 Å². The van der Waals surface area contributed by atoms with Crippen molar-refractivity contribution in [2.24, 2.45) is 0 Å². The molecule has 0 bridgehead atoms. The zero-order valence-corrected chi connectivity index (χ0v) is 19.9. The molecular formula is C26H25Cl2NO4. The van der Waals surface area contributed by atoms with E-state index in [0.717, 1.165) is 16.7 Å². The van der Waals surface area contributed by atoms with Crippen LogP contribution in [0.3, 0.4) is 0 Å². The third-order valence-electron chi connectivity index (χ3n) is 6.56. The molecule has 0 radical (unpaired) electrons. The van der Waals surface area contributed by atoms with Gasteiger partial charge in [-0.05, 0) is 53.6 Å². The number of halogens is 2. The molecule has 0 saturated heterocycles. The van der Waals surface area contributed by atoms with E-state index in [9.17, 15) is 19.2 Å². The summed E-state index contributed by atoms with van der Waals surface area (Å²) in [5.41, 5.74) is 3.44. The van der Waals surface area contributed by atoms with Gasteiger partial charge in [0.25, 0.3) is 5.91 Å². The quantitative estimate of drug-likeness (QED) is 0.496. The number of carbonyl (C=O) groups excluding carboxylic acids is 4. The highest BCUT2D eigenvalue weighted by atomic mass is 35.5. The molecule has 2 aromatic rings. The van der Waals surface area contributed by atoms with Gasteiger partial charge in [0.05, 0.1) is 22.5 Å². The molecule has 4 rings (SSSR count). The molecule has 1 amide bonds. The molecule has 2 aromatic carbocycles. The predicted molar refractivity (Wildman–Crippen MR) is 127 cm³/mol. The normalized spacial score (nSPS) is 19.1. The molecule has 0 spiro atoms. The highest BCUT2D eigenvalue weighted by molar-refractivity contribution is 6.42. The Kier molecular flexibility index (Phi) is 7.01. The number of rotatable bonds is 7. The zero-order chi connectivity index (χ0) is 23.7. The smallest absolute Gasteiger partial charge is 0.255 e. The molecule has 5 nitrogen and oxygen atoms in total. The Hall–Kier alpha value is -2.50. The summed E-state index contributed by atoms with van der Waals surface area (Å²) in [6, 6.07) is 10.5. The first-order valence-electron chi connectivity index (χ1n) is 11.2. The Morgan fingerprint density at radius 3 is 2.61 bits per heavy atom. The van der Waals surface area contributed by atoms with Gasteiger partial charge >= 0.3 is 0 Å². The minimum atomic E-state index is -0.518. The van der Waals surface area contributed by atoms with Crippen molar-refractivity contribution in [3.63, 3.8) is 0 Å². The third-order valence-corrected chi connectivity index (χ3v) is 7.30. The molecule has 33 heavy (non-hydrogen) atoms. The summed E-state index contributed by atoms with van der Waals surface area (Å²) >= 11 is 12.1. The van der Waals surface area contributed by atoms with Crippen molar-refractivity contribution in [3.05, 3.63) is 68.7 Å². The average molecular weight is 486 g/mol. The van der Waals surface area contributed by atoms with Crippen LogP contribution in [-0.4, -0.2) is 34.2 Å². The van der Waals surface area contributed by atoms with E-state index in [2.05, 4.69) is 0 Å². The van der Waals surface area contributed by atoms with E-state index < -0.39 is 6.04 Å². The lowest BCUT2D eigenvalue weighted by Crippen LogP contribution is -2.44. The van der Waals surface area contributed by atoms with Crippen LogP contribution in [0.1, 0.15) is 72.0 Å². The van der Waals surface area contributed by atoms with Crippen LogP contribution in [0.15, 0.2) is 36.4 Å². The molecule has 1 fully saturated rings. The summed E-state index contributed by atoms with van der Waals surface area (Å²) in [7, 11) is 0. The van der Waals surface area contributed by atoms with E-state index in [1.807, 2.05) is 25.1 Å². The van der Waals surface area contributed by atoms with Crippen LogP contribution in [0, 0.1) is 0 Å². The van der Waals surface area contributed by atoms with Crippen molar-refractivity contribution in [1.29, 1.82) is 0 Å². The molecule has 1 aliphatic heterocycles. The molecule has 0 N–H and O–H groups in total. The van der Waals surface area contributed by atoms with Crippen molar-refractivity contribution in [3.8, 4) is 0 Å². The van der Waals surface area contributed by atoms with Crippen LogP contribution < -0.4 is 0 Å². The van der Waals surface area contributed by atoms with Gasteiger partial charge in [0, 0.05) is 31.4 Å². The summed E-state index contributed by atoms with van der Waals surface area (Å²) in [6.07, 6.45) is 2.06. The molecule has 2 aliphatic rings. The Labute approximate surface area is 203 Å². The standard InChI is InChI=1S/C26H25Cl2NO4/c1-15(17-4-8-22(27)23(28)12-17)10-19(30)5-2-16-3-7-21-18(11-16)14-29(26(21)33)24-9-6-20(31)13-25(24)32/h3-4,7-8,11-12,15,24H,2,5-6,9-10,13-14H2,1H3. The Balaban J connectivity index is 1.35.